The fourth-order valence-electron chi connectivity index (χ4n) is 10.6. The maximum atomic E-state index is 5.85. The molecular weight excluding hydrogens is 727 g/mol. The van der Waals surface area contributed by atoms with Crippen LogP contribution in [0.1, 0.15) is 25.0 Å². The summed E-state index contributed by atoms with van der Waals surface area (Å²) >= 11 is 0. The molecule has 0 spiro atoms. The van der Waals surface area contributed by atoms with E-state index in [1.165, 1.54) is 86.9 Å². The summed E-state index contributed by atoms with van der Waals surface area (Å²) in [5, 5.41) is 14.7. The van der Waals surface area contributed by atoms with E-state index in [1.807, 2.05) is 0 Å². The van der Waals surface area contributed by atoms with Crippen LogP contribution in [0.5, 0.6) is 0 Å². The molecule has 0 aliphatic heterocycles. The first kappa shape index (κ1) is 33.4. The van der Waals surface area contributed by atoms with E-state index in [9.17, 15) is 0 Å². The van der Waals surface area contributed by atoms with Crippen LogP contribution in [0.4, 0.5) is 0 Å². The molecule has 0 atom stereocenters. The summed E-state index contributed by atoms with van der Waals surface area (Å²) in [7, 11) is 0. The summed E-state index contributed by atoms with van der Waals surface area (Å²) in [6.07, 6.45) is 0. The molecule has 0 saturated heterocycles. The Kier molecular flexibility index (Phi) is 6.78. The summed E-state index contributed by atoms with van der Waals surface area (Å²) in [6.45, 7) is 4.67. The van der Waals surface area contributed by atoms with Crippen LogP contribution in [0.25, 0.3) is 115 Å². The highest BCUT2D eigenvalue weighted by molar-refractivity contribution is 6.35. The molecule has 0 bridgehead atoms. The fourth-order valence-corrected chi connectivity index (χ4v) is 10.6. The molecule has 12 aromatic rings. The number of hydrogen-bond donors (Lipinski definition) is 0. The van der Waals surface area contributed by atoms with Crippen LogP contribution >= 0.6 is 0 Å². The molecule has 2 heterocycles. The van der Waals surface area contributed by atoms with Gasteiger partial charge in [-0.15, -0.1) is 0 Å². The first-order chi connectivity index (χ1) is 29.5. The molecule has 1 aliphatic carbocycles. The van der Waals surface area contributed by atoms with Gasteiger partial charge >= 0.3 is 0 Å². The Hall–Kier alpha value is -7.62. The molecule has 2 aromatic heterocycles. The van der Waals surface area contributed by atoms with Crippen molar-refractivity contribution in [1.82, 2.24) is 14.5 Å². The standard InChI is InChI=1S/C57H37N3/c1-57(2)48-27-15-14-26-45(48)54-53(57)55(46-32-38(34-16-4-3-5-17-34)30-37-20-8-9-21-39(37)46)59-56(58-54)60-49-29-28-44-42-24-11-10-22-40(42)41-23-12-13-25-43(41)51(44)52(49)47-31-35-18-6-7-19-36(35)33-50(47)60/h3-33H,1-2H3. The maximum Gasteiger partial charge on any atom is 0.235 e. The first-order valence-electron chi connectivity index (χ1n) is 20.8. The van der Waals surface area contributed by atoms with Gasteiger partial charge in [0.25, 0.3) is 0 Å². The maximum absolute atomic E-state index is 5.85. The van der Waals surface area contributed by atoms with Gasteiger partial charge in [0.15, 0.2) is 0 Å². The third kappa shape index (κ3) is 4.55. The van der Waals surface area contributed by atoms with Gasteiger partial charge in [-0.2, -0.15) is 0 Å². The molecule has 1 aliphatic rings. The Morgan fingerprint density at radius 2 is 0.950 bits per heavy atom. The zero-order chi connectivity index (χ0) is 39.7. The van der Waals surface area contributed by atoms with E-state index < -0.39 is 0 Å². The minimum absolute atomic E-state index is 0.336. The van der Waals surface area contributed by atoms with Crippen molar-refractivity contribution in [2.45, 2.75) is 19.3 Å². The van der Waals surface area contributed by atoms with E-state index >= 15 is 0 Å². The molecule has 0 unspecified atom stereocenters. The van der Waals surface area contributed by atoms with Crippen molar-refractivity contribution in [1.29, 1.82) is 0 Å². The topological polar surface area (TPSA) is 30.7 Å². The van der Waals surface area contributed by atoms with Crippen molar-refractivity contribution in [2.24, 2.45) is 0 Å². The molecule has 13 rings (SSSR count). The largest absolute Gasteiger partial charge is 0.278 e. The molecule has 0 saturated carbocycles. The Labute approximate surface area is 346 Å². The van der Waals surface area contributed by atoms with E-state index in [2.05, 4.69) is 206 Å². The second kappa shape index (κ2) is 12.2. The summed E-state index contributed by atoms with van der Waals surface area (Å²) in [4.78, 5) is 11.5. The first-order valence-corrected chi connectivity index (χ1v) is 20.8. The fraction of sp³-hybridized carbons (Fsp3) is 0.0526. The number of fused-ring (bicyclic) bond motifs is 15. The highest BCUT2D eigenvalue weighted by atomic mass is 15.2. The predicted molar refractivity (Wildman–Crippen MR) is 252 cm³/mol. The number of rotatable bonds is 3. The van der Waals surface area contributed by atoms with Crippen LogP contribution < -0.4 is 0 Å². The van der Waals surface area contributed by atoms with Crippen molar-refractivity contribution in [3.05, 3.63) is 199 Å². The lowest BCUT2D eigenvalue weighted by atomic mass is 9.80. The Balaban J connectivity index is 1.22. The van der Waals surface area contributed by atoms with Crippen LogP contribution in [0.2, 0.25) is 0 Å². The van der Waals surface area contributed by atoms with E-state index in [1.54, 1.807) is 0 Å². The van der Waals surface area contributed by atoms with Gasteiger partial charge in [0.05, 0.1) is 22.4 Å². The minimum Gasteiger partial charge on any atom is -0.278 e. The zero-order valence-corrected chi connectivity index (χ0v) is 33.2. The number of hydrogen-bond acceptors (Lipinski definition) is 2. The van der Waals surface area contributed by atoms with Gasteiger partial charge in [0.1, 0.15) is 0 Å². The molecule has 280 valence electrons. The van der Waals surface area contributed by atoms with Crippen LogP contribution in [-0.2, 0) is 5.41 Å². The van der Waals surface area contributed by atoms with Gasteiger partial charge in [-0.05, 0) is 95.5 Å². The molecule has 60 heavy (non-hydrogen) atoms. The van der Waals surface area contributed by atoms with Gasteiger partial charge in [0, 0.05) is 38.3 Å². The minimum atomic E-state index is -0.336. The van der Waals surface area contributed by atoms with E-state index in [0.717, 1.165) is 33.5 Å². The van der Waals surface area contributed by atoms with E-state index in [4.69, 9.17) is 9.97 Å². The molecule has 10 aromatic carbocycles. The molecule has 3 heteroatoms. The second-order valence-electron chi connectivity index (χ2n) is 16.9. The average molecular weight is 764 g/mol. The lowest BCUT2D eigenvalue weighted by Gasteiger charge is -2.24. The average Bonchev–Trinajstić information content (AvgIpc) is 3.75. The normalized spacial score (nSPS) is 13.3. The van der Waals surface area contributed by atoms with Gasteiger partial charge in [-0.25, -0.2) is 9.97 Å². The van der Waals surface area contributed by atoms with E-state index in [-0.39, 0.29) is 5.41 Å². The monoisotopic (exact) mass is 763 g/mol. The van der Waals surface area contributed by atoms with Crippen LogP contribution in [0, 0.1) is 0 Å². The molecule has 3 nitrogen and oxygen atoms in total. The van der Waals surface area contributed by atoms with Crippen molar-refractivity contribution in [3.8, 4) is 39.6 Å². The van der Waals surface area contributed by atoms with Crippen molar-refractivity contribution >= 4 is 75.7 Å². The van der Waals surface area contributed by atoms with Crippen molar-refractivity contribution < 1.29 is 0 Å². The SMILES string of the molecule is CC1(C)c2ccccc2-c2nc(-n3c4cc5ccccc5cc4c4c5c6ccccc6c6ccccc6c5ccc43)nc(-c3cc(-c4ccccc4)cc4ccccc34)c21. The van der Waals surface area contributed by atoms with E-state index in [0.29, 0.717) is 5.95 Å². The van der Waals surface area contributed by atoms with Crippen LogP contribution in [0.3, 0.4) is 0 Å². The molecule has 0 amide bonds. The molecule has 0 fully saturated rings. The summed E-state index contributed by atoms with van der Waals surface area (Å²) in [5.41, 5.74) is 10.9. The third-order valence-corrected chi connectivity index (χ3v) is 13.3. The van der Waals surface area contributed by atoms with Gasteiger partial charge < -0.3 is 0 Å². The second-order valence-corrected chi connectivity index (χ2v) is 16.9. The molecular formula is C57H37N3. The van der Waals surface area contributed by atoms with Gasteiger partial charge in [0.2, 0.25) is 5.95 Å². The molecule has 0 N–H and O–H groups in total. The quantitative estimate of drug-likeness (QED) is 0.168. The Bertz CT molecular complexity index is 3760. The van der Waals surface area contributed by atoms with Gasteiger partial charge in [-0.3, -0.25) is 4.57 Å². The number of benzene rings is 10. The van der Waals surface area contributed by atoms with Crippen LogP contribution in [0.15, 0.2) is 188 Å². The molecule has 0 radical (unpaired) electrons. The van der Waals surface area contributed by atoms with Gasteiger partial charge in [-0.1, -0.05) is 172 Å². The summed E-state index contributed by atoms with van der Waals surface area (Å²) < 4.78 is 2.35. The summed E-state index contributed by atoms with van der Waals surface area (Å²) in [6, 6.07) is 68.8. The number of nitrogens with zero attached hydrogens (tertiary/aromatic N) is 3. The predicted octanol–water partition coefficient (Wildman–Crippen LogP) is 15.0. The highest BCUT2D eigenvalue weighted by Crippen LogP contribution is 2.53. The Morgan fingerprint density at radius 3 is 1.70 bits per heavy atom. The van der Waals surface area contributed by atoms with Crippen molar-refractivity contribution in [3.63, 3.8) is 0 Å². The lowest BCUT2D eigenvalue weighted by Crippen LogP contribution is -2.18. The summed E-state index contributed by atoms with van der Waals surface area (Å²) in [5.74, 6) is 0.671. The lowest BCUT2D eigenvalue weighted by molar-refractivity contribution is 0.657. The zero-order valence-electron chi connectivity index (χ0n) is 33.2. The number of aromatic nitrogens is 3. The third-order valence-electron chi connectivity index (χ3n) is 13.3. The highest BCUT2D eigenvalue weighted by Gasteiger charge is 2.40. The van der Waals surface area contributed by atoms with Crippen LogP contribution in [-0.4, -0.2) is 14.5 Å². The smallest absolute Gasteiger partial charge is 0.235 e. The Morgan fingerprint density at radius 1 is 0.383 bits per heavy atom. The van der Waals surface area contributed by atoms with Crippen molar-refractivity contribution in [2.75, 3.05) is 0 Å².